The topological polar surface area (TPSA) is 118 Å². The van der Waals surface area contributed by atoms with Gasteiger partial charge >= 0.3 is 0 Å². The lowest BCUT2D eigenvalue weighted by Gasteiger charge is -2.06. The molecule has 0 aliphatic rings. The Morgan fingerprint density at radius 3 is 1.50 bits per heavy atom. The van der Waals surface area contributed by atoms with Crippen LogP contribution >= 0.6 is 0 Å². The van der Waals surface area contributed by atoms with E-state index in [-0.39, 0.29) is 0 Å². The summed E-state index contributed by atoms with van der Waals surface area (Å²) >= 11 is 0. The van der Waals surface area contributed by atoms with E-state index in [1.165, 1.54) is 0 Å². The molecule has 6 nitrogen and oxygen atoms in total. The first-order valence-electron chi connectivity index (χ1n) is 2.40. The molecule has 0 aromatic carbocycles. The van der Waals surface area contributed by atoms with E-state index in [9.17, 15) is 0 Å². The molecule has 0 fully saturated rings. The molecule has 0 heterocycles. The molecule has 0 bridgehead atoms. The van der Waals surface area contributed by atoms with Crippen molar-refractivity contribution in [1.29, 1.82) is 0 Å². The molecule has 0 rings (SSSR count). The van der Waals surface area contributed by atoms with Gasteiger partial charge in [0.1, 0.15) is 0 Å². The lowest BCUT2D eigenvalue weighted by Crippen LogP contribution is -2.29. The molecular weight excluding hydrogens is 160 g/mol. The van der Waals surface area contributed by atoms with Crippen molar-refractivity contribution in [3.8, 4) is 0 Å². The molecule has 0 saturated heterocycles. The average Bonchev–Trinajstić information content (AvgIpc) is 1.61. The number of hydrazine groups is 1. The Labute approximate surface area is 60.0 Å². The first kappa shape index (κ1) is 12.5. The molecule has 0 spiro atoms. The number of hydrogen-bond donors (Lipinski definition) is 2. The zero-order valence-corrected chi connectivity index (χ0v) is 6.51. The fourth-order valence-electron chi connectivity index (χ4n) is 0. The summed E-state index contributed by atoms with van der Waals surface area (Å²) in [7, 11) is -5.17. The van der Waals surface area contributed by atoms with Gasteiger partial charge in [-0.25, -0.2) is 0 Å². The third kappa shape index (κ3) is 112. The quantitative estimate of drug-likeness (QED) is 0.214. The van der Waals surface area contributed by atoms with Gasteiger partial charge in [-0.05, 0) is 13.8 Å². The number of nitrogens with two attached hydrogens (primary N) is 1. The highest BCUT2D eigenvalue weighted by molar-refractivity contribution is 7.79. The van der Waals surface area contributed by atoms with Crippen LogP contribution in [0.1, 0.15) is 13.8 Å². The van der Waals surface area contributed by atoms with Gasteiger partial charge in [-0.2, -0.15) is 0 Å². The number of rotatable bonds is 1. The summed E-state index contributed by atoms with van der Waals surface area (Å²) < 4.78 is 34.1. The van der Waals surface area contributed by atoms with Gasteiger partial charge in [0.15, 0.2) is 0 Å². The highest BCUT2D eigenvalue weighted by Gasteiger charge is 1.77. The molecule has 0 atom stereocenters. The minimum Gasteiger partial charge on any atom is -0.759 e. The minimum absolute atomic E-state index is 0.412. The largest absolute Gasteiger partial charge is 0.759 e. The van der Waals surface area contributed by atoms with E-state index in [0.29, 0.717) is 6.04 Å². The maximum atomic E-state index is 8.52. The summed E-state index contributed by atoms with van der Waals surface area (Å²) in [6.45, 7) is 3.97. The van der Waals surface area contributed by atoms with Gasteiger partial charge in [-0.1, -0.05) is 0 Å². The molecule has 0 aliphatic carbocycles. The van der Waals surface area contributed by atoms with Gasteiger partial charge in [0.25, 0.3) is 0 Å². The van der Waals surface area contributed by atoms with Crippen molar-refractivity contribution >= 4 is 10.4 Å². The van der Waals surface area contributed by atoms with E-state index in [0.717, 1.165) is 0 Å². The van der Waals surface area contributed by atoms with Crippen molar-refractivity contribution < 1.29 is 17.5 Å². The van der Waals surface area contributed by atoms with Crippen LogP contribution in [0.2, 0.25) is 0 Å². The van der Waals surface area contributed by atoms with Crippen LogP contribution in [0.3, 0.4) is 0 Å². The predicted octanol–water partition coefficient (Wildman–Crippen LogP) is -1.48. The molecule has 0 saturated carbocycles. The van der Waals surface area contributed by atoms with Crippen molar-refractivity contribution in [1.82, 2.24) is 5.43 Å². The Kier molecular flexibility index (Phi) is 6.94. The maximum Gasteiger partial charge on any atom is 0.0311 e. The van der Waals surface area contributed by atoms with E-state index < -0.39 is 10.4 Å². The van der Waals surface area contributed by atoms with Crippen LogP contribution < -0.4 is 11.3 Å². The first-order chi connectivity index (χ1) is 4.27. The normalized spacial score (nSPS) is 10.6. The Balaban J connectivity index is 0. The zero-order chi connectivity index (χ0) is 8.78. The summed E-state index contributed by atoms with van der Waals surface area (Å²) in [5, 5.41) is 0. The third-order valence-electron chi connectivity index (χ3n) is 0.333. The Bertz CT molecular complexity index is 144. The van der Waals surface area contributed by atoms with Crippen LogP contribution in [-0.2, 0) is 10.4 Å². The van der Waals surface area contributed by atoms with Crippen LogP contribution in [0.5, 0.6) is 0 Å². The minimum atomic E-state index is -5.17. The molecule has 64 valence electrons. The van der Waals surface area contributed by atoms with Gasteiger partial charge in [0, 0.05) is 16.4 Å². The molecule has 3 N–H and O–H groups in total. The van der Waals surface area contributed by atoms with Crippen molar-refractivity contribution in [3.63, 3.8) is 0 Å². The fraction of sp³-hybridized carbons (Fsp3) is 1.00. The molecule has 0 aromatic heterocycles. The fourth-order valence-corrected chi connectivity index (χ4v) is 0. The summed E-state index contributed by atoms with van der Waals surface area (Å²) in [5.41, 5.74) is 2.53. The summed E-state index contributed by atoms with van der Waals surface area (Å²) in [6, 6.07) is 0.412. The van der Waals surface area contributed by atoms with E-state index in [1.54, 1.807) is 0 Å². The van der Waals surface area contributed by atoms with Crippen LogP contribution in [0.4, 0.5) is 0 Å². The Morgan fingerprint density at radius 1 is 1.40 bits per heavy atom. The average molecular weight is 170 g/mol. The van der Waals surface area contributed by atoms with Gasteiger partial charge in [-0.3, -0.25) is 19.7 Å². The molecule has 0 aromatic rings. The summed E-state index contributed by atoms with van der Waals surface area (Å²) in [6.07, 6.45) is 0. The van der Waals surface area contributed by atoms with Gasteiger partial charge in [-0.15, -0.1) is 0 Å². The van der Waals surface area contributed by atoms with Crippen molar-refractivity contribution in [2.24, 2.45) is 5.84 Å². The van der Waals surface area contributed by atoms with Gasteiger partial charge in [0.05, 0.1) is 0 Å². The van der Waals surface area contributed by atoms with Gasteiger partial charge in [0.2, 0.25) is 0 Å². The monoisotopic (exact) mass is 170 g/mol. The van der Waals surface area contributed by atoms with Crippen molar-refractivity contribution in [3.05, 3.63) is 0 Å². The summed E-state index contributed by atoms with van der Waals surface area (Å²) in [5.74, 6) is 4.92. The standard InChI is InChI=1S/C3H10N2.H2O4S/c1-3(2)5-4;1-5(2,3)4/h3,5H,4H2,1-2H3;(H2,1,2,3,4)/p-2. The molecule has 0 unspecified atom stereocenters. The lowest BCUT2D eigenvalue weighted by molar-refractivity contribution is 0.352. The SMILES string of the molecule is CC(C)NN.O=S(=O)([O-])[O-]. The number of hydrogen-bond acceptors (Lipinski definition) is 6. The van der Waals surface area contributed by atoms with Crippen LogP contribution in [0.25, 0.3) is 0 Å². The maximum absolute atomic E-state index is 8.52. The van der Waals surface area contributed by atoms with Gasteiger partial charge < -0.3 is 9.11 Å². The molecular formula is C3H10N2O4S-2. The predicted molar refractivity (Wildman–Crippen MR) is 32.9 cm³/mol. The highest BCUT2D eigenvalue weighted by atomic mass is 32.3. The Hall–Kier alpha value is -0.210. The molecule has 0 amide bonds. The second-order valence-corrected chi connectivity index (χ2v) is 2.55. The Morgan fingerprint density at radius 2 is 1.50 bits per heavy atom. The van der Waals surface area contributed by atoms with Crippen molar-refractivity contribution in [2.75, 3.05) is 0 Å². The summed E-state index contributed by atoms with van der Waals surface area (Å²) in [4.78, 5) is 0. The first-order valence-corrected chi connectivity index (χ1v) is 3.73. The molecule has 7 heteroatoms. The smallest absolute Gasteiger partial charge is 0.0311 e. The second kappa shape index (κ2) is 5.57. The van der Waals surface area contributed by atoms with E-state index in [2.05, 4.69) is 5.43 Å². The van der Waals surface area contributed by atoms with Crippen molar-refractivity contribution in [2.45, 2.75) is 19.9 Å². The highest BCUT2D eigenvalue weighted by Crippen LogP contribution is 1.64. The zero-order valence-electron chi connectivity index (χ0n) is 5.70. The van der Waals surface area contributed by atoms with Crippen LogP contribution in [0, 0.1) is 0 Å². The van der Waals surface area contributed by atoms with E-state index in [1.807, 2.05) is 13.8 Å². The third-order valence-corrected chi connectivity index (χ3v) is 0.333. The van der Waals surface area contributed by atoms with E-state index in [4.69, 9.17) is 23.4 Å². The molecule has 10 heavy (non-hydrogen) atoms. The van der Waals surface area contributed by atoms with E-state index >= 15 is 0 Å². The lowest BCUT2D eigenvalue weighted by atomic mass is 10.4. The number of nitrogens with one attached hydrogen (secondary N) is 1. The van der Waals surface area contributed by atoms with Crippen LogP contribution in [0.15, 0.2) is 0 Å². The van der Waals surface area contributed by atoms with Crippen LogP contribution in [-0.4, -0.2) is 23.6 Å². The second-order valence-electron chi connectivity index (χ2n) is 1.73. The molecule has 0 radical (unpaired) electrons. The molecule has 0 aliphatic heterocycles.